The van der Waals surface area contributed by atoms with Crippen LogP contribution >= 0.6 is 11.6 Å². The summed E-state index contributed by atoms with van der Waals surface area (Å²) in [5.41, 5.74) is 6.49. The summed E-state index contributed by atoms with van der Waals surface area (Å²) in [6.45, 7) is 1.25. The number of hydrogen-bond donors (Lipinski definition) is 4. The maximum Gasteiger partial charge on any atom is 0.354 e. The van der Waals surface area contributed by atoms with Gasteiger partial charge in [0.15, 0.2) is 5.82 Å². The zero-order valence-corrected chi connectivity index (χ0v) is 19.6. The van der Waals surface area contributed by atoms with Gasteiger partial charge in [-0.2, -0.15) is 8.42 Å². The van der Waals surface area contributed by atoms with E-state index in [2.05, 4.69) is 10.1 Å². The minimum absolute atomic E-state index is 0.0352. The molecule has 5 N–H and O–H groups in total. The molecule has 34 heavy (non-hydrogen) atoms. The predicted octanol–water partition coefficient (Wildman–Crippen LogP) is 1.54. The predicted molar refractivity (Wildman–Crippen MR) is 124 cm³/mol. The Kier molecular flexibility index (Phi) is 7.60. The highest BCUT2D eigenvalue weighted by Crippen LogP contribution is 2.30. The third-order valence-electron chi connectivity index (χ3n) is 5.06. The molecule has 1 atom stereocenters. The normalized spacial score (nSPS) is 16.3. The van der Waals surface area contributed by atoms with Gasteiger partial charge < -0.3 is 20.7 Å². The Labute approximate surface area is 198 Å². The molecule has 1 aliphatic heterocycles. The molecule has 184 valence electrons. The highest BCUT2D eigenvalue weighted by Gasteiger charge is 2.26. The van der Waals surface area contributed by atoms with E-state index in [4.69, 9.17) is 21.9 Å². The first kappa shape index (κ1) is 25.6. The van der Waals surface area contributed by atoms with E-state index in [-0.39, 0.29) is 23.7 Å². The zero-order chi connectivity index (χ0) is 25.2. The SMILES string of the molecule is CS(=O)(=O)O.N[C@@H]1CCCN(c2nn3cc(C(=O)O)[nH]c(=O)c3c2Cc2cc(F)ccc2Cl)C1. The van der Waals surface area contributed by atoms with Crippen LogP contribution in [0.5, 0.6) is 0 Å². The summed E-state index contributed by atoms with van der Waals surface area (Å²) < 4.78 is 40.9. The molecule has 0 amide bonds. The van der Waals surface area contributed by atoms with E-state index >= 15 is 0 Å². The van der Waals surface area contributed by atoms with Crippen LogP contribution in [0.25, 0.3) is 5.52 Å². The average molecular weight is 516 g/mol. The molecule has 0 spiro atoms. The van der Waals surface area contributed by atoms with Crippen LogP contribution in [0.1, 0.15) is 34.5 Å². The topological polar surface area (TPSA) is 171 Å². The molecule has 1 fully saturated rings. The van der Waals surface area contributed by atoms with Crippen LogP contribution in [0, 0.1) is 5.82 Å². The number of aromatic nitrogens is 3. The molecule has 1 aromatic carbocycles. The van der Waals surface area contributed by atoms with Gasteiger partial charge in [0.1, 0.15) is 17.0 Å². The van der Waals surface area contributed by atoms with E-state index < -0.39 is 27.5 Å². The number of nitrogens with one attached hydrogen (secondary N) is 1. The van der Waals surface area contributed by atoms with Crippen molar-refractivity contribution in [2.75, 3.05) is 24.2 Å². The number of nitrogens with two attached hydrogens (primary N) is 1. The minimum Gasteiger partial charge on any atom is -0.477 e. The molecule has 3 aromatic rings. The number of carboxylic acids is 1. The van der Waals surface area contributed by atoms with Gasteiger partial charge in [0.2, 0.25) is 0 Å². The highest BCUT2D eigenvalue weighted by atomic mass is 35.5. The van der Waals surface area contributed by atoms with Crippen molar-refractivity contribution in [2.24, 2.45) is 5.73 Å². The van der Waals surface area contributed by atoms with E-state index in [0.717, 1.165) is 12.8 Å². The van der Waals surface area contributed by atoms with E-state index in [0.29, 0.717) is 41.3 Å². The molecule has 1 saturated heterocycles. The van der Waals surface area contributed by atoms with Crippen LogP contribution in [-0.2, 0) is 16.5 Å². The van der Waals surface area contributed by atoms with E-state index in [1.54, 1.807) is 0 Å². The Morgan fingerprint density at radius 3 is 2.71 bits per heavy atom. The molecular formula is C20H23ClFN5O6S. The maximum absolute atomic E-state index is 13.8. The number of H-pyrrole nitrogens is 1. The molecule has 0 saturated carbocycles. The number of aromatic amines is 1. The minimum atomic E-state index is -3.67. The monoisotopic (exact) mass is 515 g/mol. The van der Waals surface area contributed by atoms with Crippen molar-refractivity contribution in [3.8, 4) is 0 Å². The number of carbonyl (C=O) groups is 1. The second kappa shape index (κ2) is 10.1. The Balaban J connectivity index is 0.000000588. The molecule has 4 rings (SSSR count). The number of piperidine rings is 1. The van der Waals surface area contributed by atoms with Gasteiger partial charge >= 0.3 is 5.97 Å². The lowest BCUT2D eigenvalue weighted by atomic mass is 10.0. The Morgan fingerprint density at radius 1 is 1.41 bits per heavy atom. The van der Waals surface area contributed by atoms with E-state index in [1.165, 1.54) is 28.9 Å². The first-order valence-corrected chi connectivity index (χ1v) is 12.3. The molecule has 2 aromatic heterocycles. The fraction of sp³-hybridized carbons (Fsp3) is 0.350. The lowest BCUT2D eigenvalue weighted by molar-refractivity contribution is 0.0689. The lowest BCUT2D eigenvalue weighted by Gasteiger charge is -2.31. The van der Waals surface area contributed by atoms with Crippen molar-refractivity contribution >= 4 is 39.0 Å². The first-order valence-electron chi connectivity index (χ1n) is 10.1. The lowest BCUT2D eigenvalue weighted by Crippen LogP contribution is -2.43. The van der Waals surface area contributed by atoms with Crippen molar-refractivity contribution in [1.82, 2.24) is 14.6 Å². The van der Waals surface area contributed by atoms with Crippen LogP contribution in [0.15, 0.2) is 29.2 Å². The van der Waals surface area contributed by atoms with E-state index in [9.17, 15) is 27.5 Å². The van der Waals surface area contributed by atoms with Crippen LogP contribution in [0.3, 0.4) is 0 Å². The molecular weight excluding hydrogens is 493 g/mol. The largest absolute Gasteiger partial charge is 0.477 e. The van der Waals surface area contributed by atoms with Gasteiger partial charge in [-0.05, 0) is 36.6 Å². The Morgan fingerprint density at radius 2 is 2.09 bits per heavy atom. The summed E-state index contributed by atoms with van der Waals surface area (Å²) in [6, 6.07) is 4.00. The van der Waals surface area contributed by atoms with Gasteiger partial charge in [-0.25, -0.2) is 13.7 Å². The van der Waals surface area contributed by atoms with Crippen LogP contribution in [-0.4, -0.2) is 64.0 Å². The zero-order valence-electron chi connectivity index (χ0n) is 18.0. The second-order valence-corrected chi connectivity index (χ2v) is 9.76. The third-order valence-corrected chi connectivity index (χ3v) is 5.43. The number of carboxylic acid groups (broad SMARTS) is 1. The first-order chi connectivity index (χ1) is 15.8. The van der Waals surface area contributed by atoms with Gasteiger partial charge in [-0.1, -0.05) is 11.6 Å². The molecule has 3 heterocycles. The van der Waals surface area contributed by atoms with Crippen molar-refractivity contribution in [3.05, 3.63) is 62.4 Å². The van der Waals surface area contributed by atoms with Gasteiger partial charge in [-0.3, -0.25) is 9.35 Å². The number of benzene rings is 1. The summed E-state index contributed by atoms with van der Waals surface area (Å²) in [7, 11) is -3.67. The van der Waals surface area contributed by atoms with Gasteiger partial charge in [-0.15, -0.1) is 5.10 Å². The average Bonchev–Trinajstić information content (AvgIpc) is 3.08. The summed E-state index contributed by atoms with van der Waals surface area (Å²) >= 11 is 6.24. The molecule has 0 unspecified atom stereocenters. The number of aromatic carboxylic acids is 1. The summed E-state index contributed by atoms with van der Waals surface area (Å²) in [6.07, 6.45) is 3.89. The van der Waals surface area contributed by atoms with Crippen molar-refractivity contribution in [2.45, 2.75) is 25.3 Å². The van der Waals surface area contributed by atoms with Crippen LogP contribution < -0.4 is 16.2 Å². The summed E-state index contributed by atoms with van der Waals surface area (Å²) in [5.74, 6) is -1.19. The van der Waals surface area contributed by atoms with Gasteiger partial charge in [0.05, 0.1) is 12.5 Å². The molecule has 0 bridgehead atoms. The molecule has 14 heteroatoms. The highest BCUT2D eigenvalue weighted by molar-refractivity contribution is 7.85. The Bertz CT molecular complexity index is 1380. The number of anilines is 1. The fourth-order valence-electron chi connectivity index (χ4n) is 3.72. The number of fused-ring (bicyclic) bond motifs is 1. The van der Waals surface area contributed by atoms with Crippen molar-refractivity contribution in [1.29, 1.82) is 0 Å². The number of hydrogen-bond acceptors (Lipinski definition) is 7. The molecule has 1 aliphatic rings. The van der Waals surface area contributed by atoms with Crippen LogP contribution in [0.2, 0.25) is 5.02 Å². The number of halogens is 2. The van der Waals surface area contributed by atoms with E-state index in [1.807, 2.05) is 4.90 Å². The van der Waals surface area contributed by atoms with Gasteiger partial charge in [0.25, 0.3) is 15.7 Å². The smallest absolute Gasteiger partial charge is 0.354 e. The Hall–Kier alpha value is -3.00. The summed E-state index contributed by atoms with van der Waals surface area (Å²) in [5, 5.41) is 14.1. The van der Waals surface area contributed by atoms with Crippen molar-refractivity contribution < 1.29 is 27.3 Å². The standard InChI is InChI=1S/C19H19ClFN5O3.CH4O3S/c20-14-4-3-11(21)6-10(14)7-13-16-18(27)23-15(19(28)29)9-26(16)24-17(13)25-5-1-2-12(22)8-25;1-5(2,3)4/h3-4,6,9,12H,1-2,5,7-8,22H2,(H,23,27)(H,28,29);1H3,(H,2,3,4)/t12-;/m1./s1. The molecule has 11 nitrogen and oxygen atoms in total. The number of nitrogens with zero attached hydrogens (tertiary/aromatic N) is 3. The fourth-order valence-corrected chi connectivity index (χ4v) is 3.91. The maximum atomic E-state index is 13.8. The van der Waals surface area contributed by atoms with Crippen molar-refractivity contribution in [3.63, 3.8) is 0 Å². The second-order valence-electron chi connectivity index (χ2n) is 7.89. The van der Waals surface area contributed by atoms with Gasteiger partial charge in [0, 0.05) is 36.1 Å². The number of rotatable bonds is 4. The summed E-state index contributed by atoms with van der Waals surface area (Å²) in [4.78, 5) is 28.3. The third kappa shape index (κ3) is 6.32. The van der Waals surface area contributed by atoms with Crippen LogP contribution in [0.4, 0.5) is 10.2 Å². The molecule has 0 aliphatic carbocycles. The quantitative estimate of drug-likeness (QED) is 0.376. The molecule has 0 radical (unpaired) electrons.